The summed E-state index contributed by atoms with van der Waals surface area (Å²) in [5.41, 5.74) is 14.7. The third-order valence-electron chi connectivity index (χ3n) is 4.18. The summed E-state index contributed by atoms with van der Waals surface area (Å²) in [6, 6.07) is 9.31. The number of aromatic nitrogens is 4. The summed E-state index contributed by atoms with van der Waals surface area (Å²) < 4.78 is 0. The van der Waals surface area contributed by atoms with Crippen LogP contribution in [0.1, 0.15) is 20.9 Å². The van der Waals surface area contributed by atoms with Crippen LogP contribution in [0.5, 0.6) is 0 Å². The predicted molar refractivity (Wildman–Crippen MR) is 103 cm³/mol. The zero-order valence-corrected chi connectivity index (χ0v) is 15.0. The van der Waals surface area contributed by atoms with Crippen LogP contribution in [0, 0.1) is 18.3 Å². The minimum atomic E-state index is -0.744. The molecule has 0 bridgehead atoms. The zero-order valence-electron chi connectivity index (χ0n) is 14.1. The number of benzene rings is 1. The van der Waals surface area contributed by atoms with Crippen molar-refractivity contribution >= 4 is 33.8 Å². The molecule has 8 nitrogen and oxygen atoms in total. The molecule has 132 valence electrons. The van der Waals surface area contributed by atoms with E-state index in [-0.39, 0.29) is 11.4 Å². The van der Waals surface area contributed by atoms with Crippen molar-refractivity contribution in [3.63, 3.8) is 0 Å². The molecule has 0 spiro atoms. The van der Waals surface area contributed by atoms with E-state index in [0.717, 1.165) is 22.0 Å². The first kappa shape index (κ1) is 16.7. The molecule has 0 fully saturated rings. The van der Waals surface area contributed by atoms with E-state index in [1.807, 2.05) is 19.1 Å². The Bertz CT molecular complexity index is 1250. The van der Waals surface area contributed by atoms with Gasteiger partial charge in [-0.15, -0.1) is 11.3 Å². The Morgan fingerprint density at radius 2 is 2.07 bits per heavy atom. The SMILES string of the molecule is Cc1ccc2[nH]ncc2c1-c1nc(-c2ccc(C#N)s2)nc(C(N)=O)c1N. The number of aryl methyl sites for hydroxylation is 1. The lowest BCUT2D eigenvalue weighted by atomic mass is 9.99. The predicted octanol–water partition coefficient (Wildman–Crippen LogP) is 2.61. The highest BCUT2D eigenvalue weighted by molar-refractivity contribution is 7.15. The van der Waals surface area contributed by atoms with Crippen LogP contribution in [0.2, 0.25) is 0 Å². The number of nitrogens with two attached hydrogens (primary N) is 2. The smallest absolute Gasteiger partial charge is 0.269 e. The van der Waals surface area contributed by atoms with Gasteiger partial charge in [-0.05, 0) is 30.7 Å². The van der Waals surface area contributed by atoms with Gasteiger partial charge in [0.2, 0.25) is 0 Å². The number of anilines is 1. The summed E-state index contributed by atoms with van der Waals surface area (Å²) in [5, 5.41) is 16.9. The molecule has 0 radical (unpaired) electrons. The number of nitrogen functional groups attached to an aromatic ring is 1. The fraction of sp³-hybridized carbons (Fsp3) is 0.0556. The van der Waals surface area contributed by atoms with Crippen molar-refractivity contribution < 1.29 is 4.79 Å². The molecule has 27 heavy (non-hydrogen) atoms. The second-order valence-corrected chi connectivity index (χ2v) is 6.97. The number of H-pyrrole nitrogens is 1. The molecule has 0 saturated heterocycles. The quantitative estimate of drug-likeness (QED) is 0.501. The first-order valence-corrected chi connectivity index (χ1v) is 8.72. The molecule has 5 N–H and O–H groups in total. The third-order valence-corrected chi connectivity index (χ3v) is 5.17. The van der Waals surface area contributed by atoms with E-state index in [4.69, 9.17) is 16.7 Å². The van der Waals surface area contributed by atoms with Crippen molar-refractivity contribution in [1.82, 2.24) is 20.2 Å². The number of amides is 1. The fourth-order valence-corrected chi connectivity index (χ4v) is 3.65. The first-order valence-electron chi connectivity index (χ1n) is 7.90. The Hall–Kier alpha value is -3.77. The summed E-state index contributed by atoms with van der Waals surface area (Å²) in [6.45, 7) is 1.92. The van der Waals surface area contributed by atoms with E-state index in [0.29, 0.717) is 21.3 Å². The summed E-state index contributed by atoms with van der Waals surface area (Å²) in [7, 11) is 0. The molecule has 0 aliphatic rings. The Morgan fingerprint density at radius 1 is 1.26 bits per heavy atom. The molecule has 0 saturated carbocycles. The van der Waals surface area contributed by atoms with E-state index in [1.165, 1.54) is 11.3 Å². The lowest BCUT2D eigenvalue weighted by molar-refractivity contribution is 0.0996. The Balaban J connectivity index is 2.05. The Kier molecular flexibility index (Phi) is 3.83. The van der Waals surface area contributed by atoms with Gasteiger partial charge in [0.15, 0.2) is 11.5 Å². The molecule has 0 aliphatic carbocycles. The number of rotatable bonds is 3. The van der Waals surface area contributed by atoms with E-state index >= 15 is 0 Å². The minimum Gasteiger partial charge on any atom is -0.395 e. The number of nitriles is 1. The average molecular weight is 375 g/mol. The molecule has 4 aromatic rings. The normalized spacial score (nSPS) is 10.8. The molecule has 9 heteroatoms. The standard InChI is InChI=1S/C18H13N7OS/c1-8-2-4-11-10(7-22-25-11)13(8)15-14(20)16(17(21)26)24-18(23-15)12-5-3-9(6-19)27-12/h2-5,7H,20H2,1H3,(H2,21,26)(H,22,25). The van der Waals surface area contributed by atoms with E-state index < -0.39 is 5.91 Å². The summed E-state index contributed by atoms with van der Waals surface area (Å²) >= 11 is 1.23. The van der Waals surface area contributed by atoms with Gasteiger partial charge in [-0.2, -0.15) is 10.4 Å². The lowest BCUT2D eigenvalue weighted by Crippen LogP contribution is -2.17. The number of nitrogens with one attached hydrogen (secondary N) is 1. The highest BCUT2D eigenvalue weighted by Crippen LogP contribution is 2.36. The van der Waals surface area contributed by atoms with Gasteiger partial charge in [0.05, 0.1) is 28.0 Å². The van der Waals surface area contributed by atoms with Crippen molar-refractivity contribution in [3.8, 4) is 28.0 Å². The number of thiophene rings is 1. The van der Waals surface area contributed by atoms with Crippen LogP contribution in [0.4, 0.5) is 5.69 Å². The average Bonchev–Trinajstić information content (AvgIpc) is 3.31. The maximum atomic E-state index is 11.9. The van der Waals surface area contributed by atoms with E-state index in [9.17, 15) is 4.79 Å². The monoisotopic (exact) mass is 375 g/mol. The van der Waals surface area contributed by atoms with Crippen LogP contribution in [0.3, 0.4) is 0 Å². The van der Waals surface area contributed by atoms with Crippen LogP contribution in [0.25, 0.3) is 32.9 Å². The van der Waals surface area contributed by atoms with Gasteiger partial charge >= 0.3 is 0 Å². The number of carbonyl (C=O) groups is 1. The Labute approximate surface area is 157 Å². The molecular weight excluding hydrogens is 362 g/mol. The van der Waals surface area contributed by atoms with Gasteiger partial charge in [-0.1, -0.05) is 6.07 Å². The second-order valence-electron chi connectivity index (χ2n) is 5.89. The highest BCUT2D eigenvalue weighted by atomic mass is 32.1. The van der Waals surface area contributed by atoms with Gasteiger partial charge in [-0.3, -0.25) is 9.89 Å². The topological polar surface area (TPSA) is 147 Å². The Morgan fingerprint density at radius 3 is 2.78 bits per heavy atom. The van der Waals surface area contributed by atoms with Gasteiger partial charge in [0, 0.05) is 10.9 Å². The van der Waals surface area contributed by atoms with Crippen LogP contribution in [0.15, 0.2) is 30.5 Å². The molecule has 4 rings (SSSR count). The summed E-state index contributed by atoms with van der Waals surface area (Å²) in [4.78, 5) is 21.9. The van der Waals surface area contributed by atoms with Crippen molar-refractivity contribution in [1.29, 1.82) is 5.26 Å². The largest absolute Gasteiger partial charge is 0.395 e. The second kappa shape index (κ2) is 6.19. The number of primary amides is 1. The third kappa shape index (κ3) is 2.68. The lowest BCUT2D eigenvalue weighted by Gasteiger charge is -2.13. The maximum absolute atomic E-state index is 11.9. The number of carbonyl (C=O) groups excluding carboxylic acids is 1. The van der Waals surface area contributed by atoms with Crippen LogP contribution in [-0.4, -0.2) is 26.1 Å². The summed E-state index contributed by atoms with van der Waals surface area (Å²) in [6.07, 6.45) is 1.68. The van der Waals surface area contributed by atoms with E-state index in [2.05, 4.69) is 26.2 Å². The zero-order chi connectivity index (χ0) is 19.1. The molecule has 0 atom stereocenters. The molecule has 3 heterocycles. The number of aromatic amines is 1. The number of fused-ring (bicyclic) bond motifs is 1. The molecule has 0 aliphatic heterocycles. The molecule has 0 unspecified atom stereocenters. The maximum Gasteiger partial charge on any atom is 0.269 e. The number of nitrogens with zero attached hydrogens (tertiary/aromatic N) is 4. The minimum absolute atomic E-state index is 0.0539. The molecular formula is C18H13N7OS. The fourth-order valence-electron chi connectivity index (χ4n) is 2.92. The summed E-state index contributed by atoms with van der Waals surface area (Å²) in [5.74, 6) is -0.453. The van der Waals surface area contributed by atoms with Gasteiger partial charge in [0.1, 0.15) is 10.9 Å². The first-order chi connectivity index (χ1) is 13.0. The highest BCUT2D eigenvalue weighted by Gasteiger charge is 2.21. The van der Waals surface area contributed by atoms with Crippen LogP contribution in [-0.2, 0) is 0 Å². The number of hydrogen-bond acceptors (Lipinski definition) is 7. The van der Waals surface area contributed by atoms with Gasteiger partial charge in [-0.25, -0.2) is 9.97 Å². The molecule has 3 aromatic heterocycles. The van der Waals surface area contributed by atoms with Crippen molar-refractivity contribution in [3.05, 3.63) is 46.6 Å². The molecule has 1 aromatic carbocycles. The van der Waals surface area contributed by atoms with Gasteiger partial charge in [0.25, 0.3) is 5.91 Å². The van der Waals surface area contributed by atoms with E-state index in [1.54, 1.807) is 18.3 Å². The van der Waals surface area contributed by atoms with Crippen molar-refractivity contribution in [2.45, 2.75) is 6.92 Å². The van der Waals surface area contributed by atoms with Crippen LogP contribution < -0.4 is 11.5 Å². The van der Waals surface area contributed by atoms with Crippen molar-refractivity contribution in [2.24, 2.45) is 5.73 Å². The molecule has 1 amide bonds. The van der Waals surface area contributed by atoms with Crippen LogP contribution >= 0.6 is 11.3 Å². The van der Waals surface area contributed by atoms with Crippen molar-refractivity contribution in [2.75, 3.05) is 5.73 Å². The number of hydrogen-bond donors (Lipinski definition) is 3. The van der Waals surface area contributed by atoms with Gasteiger partial charge < -0.3 is 11.5 Å².